The Morgan fingerprint density at radius 3 is 2.46 bits per heavy atom. The molecule has 5 nitrogen and oxygen atoms in total. The van der Waals surface area contributed by atoms with E-state index in [0.29, 0.717) is 18.9 Å². The zero-order chi connectivity index (χ0) is 17.7. The summed E-state index contributed by atoms with van der Waals surface area (Å²) >= 11 is 0. The second-order valence-electron chi connectivity index (χ2n) is 6.63. The molecular formula is C18H29N3O2S. The average Bonchev–Trinajstić information content (AvgIpc) is 2.80. The molecule has 0 saturated carbocycles. The molecule has 0 amide bonds. The van der Waals surface area contributed by atoms with Gasteiger partial charge in [-0.3, -0.25) is 4.99 Å². The molecule has 0 aromatic heterocycles. The summed E-state index contributed by atoms with van der Waals surface area (Å²) in [6.45, 7) is 9.85. The second-order valence-corrected chi connectivity index (χ2v) is 8.86. The Morgan fingerprint density at radius 1 is 1.25 bits per heavy atom. The van der Waals surface area contributed by atoms with Crippen molar-refractivity contribution in [1.82, 2.24) is 10.6 Å². The van der Waals surface area contributed by atoms with E-state index < -0.39 is 9.84 Å². The number of hydrogen-bond donors (Lipinski definition) is 2. The van der Waals surface area contributed by atoms with Gasteiger partial charge in [0, 0.05) is 19.1 Å². The summed E-state index contributed by atoms with van der Waals surface area (Å²) in [6.07, 6.45) is 1.54. The minimum absolute atomic E-state index is 0.0318. The maximum atomic E-state index is 11.6. The van der Waals surface area contributed by atoms with Gasteiger partial charge in [-0.1, -0.05) is 17.7 Å². The number of nitrogens with one attached hydrogen (secondary N) is 2. The van der Waals surface area contributed by atoms with Crippen molar-refractivity contribution in [3.63, 3.8) is 0 Å². The van der Waals surface area contributed by atoms with E-state index in [0.717, 1.165) is 13.0 Å². The van der Waals surface area contributed by atoms with Crippen LogP contribution in [0.4, 0.5) is 0 Å². The van der Waals surface area contributed by atoms with Crippen molar-refractivity contribution in [2.24, 2.45) is 4.99 Å². The Kier molecular flexibility index (Phi) is 6.27. The molecule has 1 heterocycles. The van der Waals surface area contributed by atoms with Crippen molar-refractivity contribution in [3.05, 3.63) is 34.4 Å². The first-order valence-electron chi connectivity index (χ1n) is 8.62. The lowest BCUT2D eigenvalue weighted by molar-refractivity contribution is 0.599. The van der Waals surface area contributed by atoms with Crippen LogP contribution in [0.2, 0.25) is 0 Å². The van der Waals surface area contributed by atoms with Crippen LogP contribution < -0.4 is 10.6 Å². The quantitative estimate of drug-likeness (QED) is 0.628. The van der Waals surface area contributed by atoms with Crippen LogP contribution >= 0.6 is 0 Å². The zero-order valence-electron chi connectivity index (χ0n) is 15.1. The van der Waals surface area contributed by atoms with Gasteiger partial charge in [-0.2, -0.15) is 0 Å². The van der Waals surface area contributed by atoms with Gasteiger partial charge in [0.1, 0.15) is 0 Å². The van der Waals surface area contributed by atoms with E-state index in [1.165, 1.54) is 22.3 Å². The summed E-state index contributed by atoms with van der Waals surface area (Å²) in [5.41, 5.74) is 5.25. The topological polar surface area (TPSA) is 70.6 Å². The van der Waals surface area contributed by atoms with Crippen LogP contribution in [0, 0.1) is 20.8 Å². The first-order valence-corrected chi connectivity index (χ1v) is 10.4. The van der Waals surface area contributed by atoms with Gasteiger partial charge in [0.05, 0.1) is 11.5 Å². The van der Waals surface area contributed by atoms with Gasteiger partial charge in [0.2, 0.25) is 0 Å². The molecule has 1 aliphatic heterocycles. The Morgan fingerprint density at radius 2 is 1.92 bits per heavy atom. The number of rotatable bonds is 5. The lowest BCUT2D eigenvalue weighted by Crippen LogP contribution is -2.44. The second kappa shape index (κ2) is 8.01. The summed E-state index contributed by atoms with van der Waals surface area (Å²) < 4.78 is 23.2. The largest absolute Gasteiger partial charge is 0.357 e. The molecule has 2 rings (SSSR count). The van der Waals surface area contributed by atoms with Gasteiger partial charge in [-0.25, -0.2) is 8.42 Å². The van der Waals surface area contributed by atoms with Gasteiger partial charge in [-0.05, 0) is 57.2 Å². The summed E-state index contributed by atoms with van der Waals surface area (Å²) in [7, 11) is -2.88. The lowest BCUT2D eigenvalue weighted by atomic mass is 9.97. The Labute approximate surface area is 145 Å². The maximum absolute atomic E-state index is 11.6. The first-order chi connectivity index (χ1) is 11.3. The third kappa shape index (κ3) is 5.23. The first kappa shape index (κ1) is 18.8. The van der Waals surface area contributed by atoms with Crippen molar-refractivity contribution in [2.75, 3.05) is 24.6 Å². The number of aryl methyl sites for hydroxylation is 3. The smallest absolute Gasteiger partial charge is 0.191 e. The van der Waals surface area contributed by atoms with Gasteiger partial charge < -0.3 is 10.6 Å². The molecule has 1 atom stereocenters. The summed E-state index contributed by atoms with van der Waals surface area (Å²) in [5.74, 6) is 1.18. The SMILES string of the molecule is CCNC(=NCCc1c(C)cc(C)cc1C)NC1CCS(=O)(=O)C1. The number of aliphatic imine (C=N–C) groups is 1. The molecule has 134 valence electrons. The summed E-state index contributed by atoms with van der Waals surface area (Å²) in [4.78, 5) is 4.62. The van der Waals surface area contributed by atoms with E-state index in [-0.39, 0.29) is 17.5 Å². The number of hydrogen-bond acceptors (Lipinski definition) is 3. The molecule has 0 bridgehead atoms. The molecule has 24 heavy (non-hydrogen) atoms. The zero-order valence-corrected chi connectivity index (χ0v) is 16.0. The molecule has 0 radical (unpaired) electrons. The Bertz CT molecular complexity index is 688. The van der Waals surface area contributed by atoms with E-state index in [1.807, 2.05) is 6.92 Å². The summed E-state index contributed by atoms with van der Waals surface area (Å²) in [6, 6.07) is 4.38. The van der Waals surface area contributed by atoms with Crippen LogP contribution in [0.5, 0.6) is 0 Å². The van der Waals surface area contributed by atoms with Gasteiger partial charge in [0.15, 0.2) is 15.8 Å². The van der Waals surface area contributed by atoms with Crippen molar-refractivity contribution >= 4 is 15.8 Å². The molecule has 1 aromatic carbocycles. The van der Waals surface area contributed by atoms with Crippen LogP contribution in [-0.2, 0) is 16.3 Å². The van der Waals surface area contributed by atoms with E-state index in [1.54, 1.807) is 0 Å². The molecule has 1 saturated heterocycles. The Hall–Kier alpha value is -1.56. The molecule has 1 aliphatic rings. The third-order valence-corrected chi connectivity index (χ3v) is 6.16. The molecule has 2 N–H and O–H groups in total. The van der Waals surface area contributed by atoms with Gasteiger partial charge in [-0.15, -0.1) is 0 Å². The number of nitrogens with zero attached hydrogens (tertiary/aromatic N) is 1. The third-order valence-electron chi connectivity index (χ3n) is 4.39. The number of sulfone groups is 1. The molecule has 0 aliphatic carbocycles. The number of guanidine groups is 1. The standard InChI is InChI=1S/C18H29N3O2S/c1-5-19-18(21-16-7-9-24(22,23)12-16)20-8-6-17-14(3)10-13(2)11-15(17)4/h10-11,16H,5-9,12H2,1-4H3,(H2,19,20,21). The van der Waals surface area contributed by atoms with Crippen LogP contribution in [0.3, 0.4) is 0 Å². The minimum Gasteiger partial charge on any atom is -0.357 e. The molecule has 1 aromatic rings. The highest BCUT2D eigenvalue weighted by Gasteiger charge is 2.28. The van der Waals surface area contributed by atoms with Crippen molar-refractivity contribution in [1.29, 1.82) is 0 Å². The van der Waals surface area contributed by atoms with Crippen LogP contribution in [-0.4, -0.2) is 45.0 Å². The van der Waals surface area contributed by atoms with Crippen LogP contribution in [0.15, 0.2) is 17.1 Å². The van der Waals surface area contributed by atoms with Crippen molar-refractivity contribution < 1.29 is 8.42 Å². The molecule has 0 spiro atoms. The van der Waals surface area contributed by atoms with Gasteiger partial charge in [0.25, 0.3) is 0 Å². The molecule has 1 fully saturated rings. The van der Waals surface area contributed by atoms with Crippen molar-refractivity contribution in [3.8, 4) is 0 Å². The lowest BCUT2D eigenvalue weighted by Gasteiger charge is -2.16. The fraction of sp³-hybridized carbons (Fsp3) is 0.611. The average molecular weight is 352 g/mol. The van der Waals surface area contributed by atoms with Crippen LogP contribution in [0.25, 0.3) is 0 Å². The summed E-state index contributed by atoms with van der Waals surface area (Å²) in [5, 5.41) is 6.46. The predicted octanol–water partition coefficient (Wildman–Crippen LogP) is 1.90. The highest BCUT2D eigenvalue weighted by Crippen LogP contribution is 2.17. The monoisotopic (exact) mass is 351 g/mol. The maximum Gasteiger partial charge on any atom is 0.191 e. The van der Waals surface area contributed by atoms with Gasteiger partial charge >= 0.3 is 0 Å². The predicted molar refractivity (Wildman–Crippen MR) is 101 cm³/mol. The van der Waals surface area contributed by atoms with E-state index in [2.05, 4.69) is 48.5 Å². The van der Waals surface area contributed by atoms with E-state index in [4.69, 9.17) is 0 Å². The van der Waals surface area contributed by atoms with E-state index >= 15 is 0 Å². The normalized spacial score (nSPS) is 20.2. The van der Waals surface area contributed by atoms with Crippen LogP contribution in [0.1, 0.15) is 35.6 Å². The highest BCUT2D eigenvalue weighted by atomic mass is 32.2. The fourth-order valence-electron chi connectivity index (χ4n) is 3.31. The fourth-order valence-corrected chi connectivity index (χ4v) is 4.98. The highest BCUT2D eigenvalue weighted by molar-refractivity contribution is 7.91. The molecule has 6 heteroatoms. The van der Waals surface area contributed by atoms with E-state index in [9.17, 15) is 8.42 Å². The van der Waals surface area contributed by atoms with Crippen molar-refractivity contribution in [2.45, 2.75) is 46.6 Å². The number of benzene rings is 1. The Balaban J connectivity index is 1.99. The molecule has 1 unspecified atom stereocenters. The minimum atomic E-state index is -2.88. The molecular weight excluding hydrogens is 322 g/mol.